The maximum absolute atomic E-state index is 12.0. The summed E-state index contributed by atoms with van der Waals surface area (Å²) in [6.07, 6.45) is -0.501. The lowest BCUT2D eigenvalue weighted by Gasteiger charge is -2.23. The normalized spacial score (nSPS) is 12.6. The Morgan fingerprint density at radius 3 is 2.24 bits per heavy atom. The zero-order chi connectivity index (χ0) is 13.4. The number of nitrogens with two attached hydrogens (primary N) is 1. The second-order valence-corrected chi connectivity index (χ2v) is 6.10. The fraction of sp³-hybridized carbons (Fsp3) is 0.667. The largest absolute Gasteiger partial charge is 0.442 e. The minimum atomic E-state index is -0.549. The van der Waals surface area contributed by atoms with Crippen LogP contribution in [-0.2, 0) is 10.2 Å². The van der Waals surface area contributed by atoms with Crippen molar-refractivity contribution in [2.45, 2.75) is 52.6 Å². The van der Waals surface area contributed by atoms with E-state index in [9.17, 15) is 4.79 Å². The van der Waals surface area contributed by atoms with Gasteiger partial charge in [-0.15, -0.1) is 5.10 Å². The number of nitrogen functional groups attached to an aromatic ring is 1. The summed E-state index contributed by atoms with van der Waals surface area (Å²) < 4.78 is 6.52. The van der Waals surface area contributed by atoms with Crippen LogP contribution in [0.15, 0.2) is 6.07 Å². The SMILES string of the molecule is CC(C)(C)OC(=O)n1nc(N)cc1C(C)(C)C. The molecular weight excluding hydrogens is 218 g/mol. The summed E-state index contributed by atoms with van der Waals surface area (Å²) in [5.74, 6) is 0.320. The van der Waals surface area contributed by atoms with E-state index >= 15 is 0 Å². The summed E-state index contributed by atoms with van der Waals surface area (Å²) in [7, 11) is 0. The Morgan fingerprint density at radius 1 is 1.29 bits per heavy atom. The van der Waals surface area contributed by atoms with Crippen LogP contribution >= 0.6 is 0 Å². The molecule has 1 aromatic rings. The van der Waals surface area contributed by atoms with Gasteiger partial charge in [0.15, 0.2) is 0 Å². The quantitative estimate of drug-likeness (QED) is 0.755. The number of hydrogen-bond acceptors (Lipinski definition) is 4. The Kier molecular flexibility index (Phi) is 3.23. The molecule has 5 nitrogen and oxygen atoms in total. The van der Waals surface area contributed by atoms with E-state index in [-0.39, 0.29) is 5.41 Å². The summed E-state index contributed by atoms with van der Waals surface area (Å²) in [6, 6.07) is 1.70. The Bertz CT molecular complexity index is 422. The first-order chi connectivity index (χ1) is 7.50. The summed E-state index contributed by atoms with van der Waals surface area (Å²) in [6.45, 7) is 11.4. The average Bonchev–Trinajstić information content (AvgIpc) is 2.43. The van der Waals surface area contributed by atoms with Gasteiger partial charge >= 0.3 is 6.09 Å². The molecule has 2 N–H and O–H groups in total. The molecule has 1 aromatic heterocycles. The number of aromatic nitrogens is 2. The van der Waals surface area contributed by atoms with Crippen molar-refractivity contribution in [3.05, 3.63) is 11.8 Å². The molecule has 0 spiro atoms. The monoisotopic (exact) mass is 239 g/mol. The molecular formula is C12H21N3O2. The van der Waals surface area contributed by atoms with Crippen LogP contribution < -0.4 is 5.73 Å². The third kappa shape index (κ3) is 3.47. The van der Waals surface area contributed by atoms with Crippen molar-refractivity contribution >= 4 is 11.9 Å². The van der Waals surface area contributed by atoms with Crippen molar-refractivity contribution in [2.75, 3.05) is 5.73 Å². The lowest BCUT2D eigenvalue weighted by Crippen LogP contribution is -2.31. The Balaban J connectivity index is 3.10. The molecule has 0 fully saturated rings. The fourth-order valence-corrected chi connectivity index (χ4v) is 1.38. The predicted octanol–water partition coefficient (Wildman–Crippen LogP) is 2.55. The van der Waals surface area contributed by atoms with Crippen LogP contribution in [-0.4, -0.2) is 21.5 Å². The number of rotatable bonds is 0. The minimum Gasteiger partial charge on any atom is -0.442 e. The van der Waals surface area contributed by atoms with E-state index in [1.54, 1.807) is 6.07 Å². The Labute approximate surface area is 102 Å². The molecule has 96 valence electrons. The molecule has 0 aliphatic heterocycles. The van der Waals surface area contributed by atoms with E-state index in [1.165, 1.54) is 4.68 Å². The Hall–Kier alpha value is -1.52. The van der Waals surface area contributed by atoms with Crippen LogP contribution in [0.4, 0.5) is 10.6 Å². The number of nitrogens with zero attached hydrogens (tertiary/aromatic N) is 2. The van der Waals surface area contributed by atoms with E-state index < -0.39 is 11.7 Å². The highest BCUT2D eigenvalue weighted by Crippen LogP contribution is 2.24. The zero-order valence-corrected chi connectivity index (χ0v) is 11.4. The number of anilines is 1. The van der Waals surface area contributed by atoms with Crippen LogP contribution in [0.5, 0.6) is 0 Å². The van der Waals surface area contributed by atoms with E-state index in [0.717, 1.165) is 5.69 Å². The van der Waals surface area contributed by atoms with Gasteiger partial charge in [0.05, 0.1) is 5.69 Å². The van der Waals surface area contributed by atoms with Gasteiger partial charge in [-0.25, -0.2) is 4.79 Å². The number of carbonyl (C=O) groups excluding carboxylic acids is 1. The molecule has 0 saturated carbocycles. The summed E-state index contributed by atoms with van der Waals surface area (Å²) in [4.78, 5) is 12.0. The average molecular weight is 239 g/mol. The third-order valence-corrected chi connectivity index (χ3v) is 2.06. The fourth-order valence-electron chi connectivity index (χ4n) is 1.38. The molecule has 0 aliphatic rings. The van der Waals surface area contributed by atoms with Crippen molar-refractivity contribution in [1.29, 1.82) is 0 Å². The van der Waals surface area contributed by atoms with E-state index in [2.05, 4.69) is 5.10 Å². The molecule has 0 radical (unpaired) electrons. The van der Waals surface area contributed by atoms with Crippen LogP contribution in [0.3, 0.4) is 0 Å². The molecule has 0 atom stereocenters. The van der Waals surface area contributed by atoms with E-state index in [4.69, 9.17) is 10.5 Å². The van der Waals surface area contributed by atoms with Crippen LogP contribution in [0, 0.1) is 0 Å². The van der Waals surface area contributed by atoms with Gasteiger partial charge in [-0.3, -0.25) is 0 Å². The molecule has 17 heavy (non-hydrogen) atoms. The predicted molar refractivity (Wildman–Crippen MR) is 67.0 cm³/mol. The van der Waals surface area contributed by atoms with Gasteiger partial charge in [0.25, 0.3) is 0 Å². The van der Waals surface area contributed by atoms with Crippen LogP contribution in [0.1, 0.15) is 47.2 Å². The minimum absolute atomic E-state index is 0.221. The molecule has 0 saturated heterocycles. The van der Waals surface area contributed by atoms with Gasteiger partial charge in [-0.05, 0) is 20.8 Å². The molecule has 5 heteroatoms. The van der Waals surface area contributed by atoms with Gasteiger partial charge < -0.3 is 10.5 Å². The highest BCUT2D eigenvalue weighted by molar-refractivity contribution is 5.72. The summed E-state index contributed by atoms with van der Waals surface area (Å²) >= 11 is 0. The zero-order valence-electron chi connectivity index (χ0n) is 11.4. The number of carbonyl (C=O) groups is 1. The summed E-state index contributed by atoms with van der Waals surface area (Å²) in [5, 5.41) is 3.98. The molecule has 1 rings (SSSR count). The highest BCUT2D eigenvalue weighted by atomic mass is 16.6. The van der Waals surface area contributed by atoms with E-state index in [0.29, 0.717) is 5.82 Å². The first-order valence-electron chi connectivity index (χ1n) is 5.60. The number of ether oxygens (including phenoxy) is 1. The molecule has 0 aromatic carbocycles. The first kappa shape index (κ1) is 13.5. The standard InChI is InChI=1S/C12H21N3O2/c1-11(2,3)8-7-9(13)14-15(8)10(16)17-12(4,5)6/h7H,1-6H3,(H2,13,14). The third-order valence-electron chi connectivity index (χ3n) is 2.06. The van der Waals surface area contributed by atoms with Crippen LogP contribution in [0.2, 0.25) is 0 Å². The highest BCUT2D eigenvalue weighted by Gasteiger charge is 2.26. The van der Waals surface area contributed by atoms with Crippen molar-refractivity contribution in [3.8, 4) is 0 Å². The molecule has 0 aliphatic carbocycles. The van der Waals surface area contributed by atoms with Crippen LogP contribution in [0.25, 0.3) is 0 Å². The number of hydrogen-bond donors (Lipinski definition) is 1. The lowest BCUT2D eigenvalue weighted by atomic mass is 9.92. The van der Waals surface area contributed by atoms with Crippen molar-refractivity contribution < 1.29 is 9.53 Å². The molecule has 0 bridgehead atoms. The van der Waals surface area contributed by atoms with Crippen molar-refractivity contribution in [2.24, 2.45) is 0 Å². The lowest BCUT2D eigenvalue weighted by molar-refractivity contribution is 0.0504. The second kappa shape index (κ2) is 4.05. The van der Waals surface area contributed by atoms with Gasteiger partial charge in [-0.2, -0.15) is 4.68 Å². The first-order valence-corrected chi connectivity index (χ1v) is 5.60. The van der Waals surface area contributed by atoms with Gasteiger partial charge in [0.1, 0.15) is 11.4 Å². The second-order valence-electron chi connectivity index (χ2n) is 6.10. The topological polar surface area (TPSA) is 70.1 Å². The van der Waals surface area contributed by atoms with Crippen molar-refractivity contribution in [3.63, 3.8) is 0 Å². The van der Waals surface area contributed by atoms with E-state index in [1.807, 2.05) is 41.5 Å². The molecule has 0 unspecified atom stereocenters. The van der Waals surface area contributed by atoms with Crippen molar-refractivity contribution in [1.82, 2.24) is 9.78 Å². The smallest absolute Gasteiger partial charge is 0.435 e. The summed E-state index contributed by atoms with van der Waals surface area (Å²) in [5.41, 5.74) is 5.61. The van der Waals surface area contributed by atoms with Gasteiger partial charge in [-0.1, -0.05) is 20.8 Å². The maximum Gasteiger partial charge on any atom is 0.435 e. The maximum atomic E-state index is 12.0. The Morgan fingerprint density at radius 2 is 1.82 bits per heavy atom. The molecule has 1 heterocycles. The van der Waals surface area contributed by atoms with Gasteiger partial charge in [0.2, 0.25) is 0 Å². The van der Waals surface area contributed by atoms with Gasteiger partial charge in [0, 0.05) is 11.5 Å². The molecule has 0 amide bonds.